The number of Topliss-reactive ketones (excluding diaryl/α,β-unsaturated/α-hetero) is 1. The van der Waals surface area contributed by atoms with E-state index < -0.39 is 6.09 Å². The molecular weight excluding hydrogens is 358 g/mol. The summed E-state index contributed by atoms with van der Waals surface area (Å²) in [5.74, 6) is 0.821. The quantitative estimate of drug-likeness (QED) is 0.761. The third kappa shape index (κ3) is 3.77. The number of ether oxygens (including phenoxy) is 3. The number of nitrogens with zero attached hydrogens (tertiary/aromatic N) is 1. The summed E-state index contributed by atoms with van der Waals surface area (Å²) in [5, 5.41) is 0. The van der Waals surface area contributed by atoms with Gasteiger partial charge in [0.15, 0.2) is 5.76 Å². The molecule has 6 heteroatoms. The van der Waals surface area contributed by atoms with E-state index in [1.54, 1.807) is 29.2 Å². The van der Waals surface area contributed by atoms with Crippen molar-refractivity contribution in [1.82, 2.24) is 4.90 Å². The predicted molar refractivity (Wildman–Crippen MR) is 104 cm³/mol. The molecule has 0 unspecified atom stereocenters. The first-order valence-electron chi connectivity index (χ1n) is 9.36. The Morgan fingerprint density at radius 2 is 1.89 bits per heavy atom. The smallest absolute Gasteiger partial charge is 0.415 e. The van der Waals surface area contributed by atoms with Crippen LogP contribution in [0.3, 0.4) is 0 Å². The summed E-state index contributed by atoms with van der Waals surface area (Å²) < 4.78 is 16.4. The zero-order valence-electron chi connectivity index (χ0n) is 15.6. The van der Waals surface area contributed by atoms with Crippen molar-refractivity contribution >= 4 is 18.0 Å². The highest BCUT2D eigenvalue weighted by atomic mass is 16.6. The second-order valence-electron chi connectivity index (χ2n) is 6.66. The van der Waals surface area contributed by atoms with Gasteiger partial charge in [0, 0.05) is 19.2 Å². The van der Waals surface area contributed by atoms with Gasteiger partial charge in [-0.2, -0.15) is 0 Å². The average Bonchev–Trinajstić information content (AvgIpc) is 3.04. The van der Waals surface area contributed by atoms with Crippen LogP contribution in [-0.2, 0) is 11.2 Å². The zero-order chi connectivity index (χ0) is 19.5. The minimum Gasteiger partial charge on any atom is -0.452 e. The highest BCUT2D eigenvalue weighted by Crippen LogP contribution is 2.35. The Labute approximate surface area is 163 Å². The lowest BCUT2D eigenvalue weighted by Gasteiger charge is -2.25. The van der Waals surface area contributed by atoms with E-state index in [9.17, 15) is 9.59 Å². The number of aryl methyl sites for hydroxylation is 1. The van der Waals surface area contributed by atoms with Gasteiger partial charge in [-0.15, -0.1) is 0 Å². The van der Waals surface area contributed by atoms with E-state index in [1.165, 1.54) is 5.56 Å². The van der Waals surface area contributed by atoms with Crippen molar-refractivity contribution in [1.29, 1.82) is 0 Å². The van der Waals surface area contributed by atoms with Crippen molar-refractivity contribution in [3.05, 3.63) is 64.9 Å². The maximum atomic E-state index is 12.6. The Kier molecular flexibility index (Phi) is 5.12. The number of morpholine rings is 1. The Morgan fingerprint density at radius 1 is 1.14 bits per heavy atom. The van der Waals surface area contributed by atoms with Gasteiger partial charge in [-0.25, -0.2) is 4.79 Å². The molecule has 1 fully saturated rings. The number of allylic oxidation sites excluding steroid dienone is 1. The van der Waals surface area contributed by atoms with Crippen LogP contribution < -0.4 is 9.47 Å². The lowest BCUT2D eigenvalue weighted by atomic mass is 10.1. The van der Waals surface area contributed by atoms with Crippen LogP contribution in [0.2, 0.25) is 0 Å². The summed E-state index contributed by atoms with van der Waals surface area (Å²) in [7, 11) is 0. The van der Waals surface area contributed by atoms with Crippen LogP contribution in [0.15, 0.2) is 48.2 Å². The van der Waals surface area contributed by atoms with Gasteiger partial charge in [0.1, 0.15) is 11.5 Å². The molecule has 0 radical (unpaired) electrons. The molecule has 4 rings (SSSR count). The van der Waals surface area contributed by atoms with E-state index >= 15 is 0 Å². The number of ketones is 1. The highest BCUT2D eigenvalue weighted by molar-refractivity contribution is 6.14. The summed E-state index contributed by atoms with van der Waals surface area (Å²) in [4.78, 5) is 26.4. The van der Waals surface area contributed by atoms with Crippen LogP contribution >= 0.6 is 0 Å². The lowest BCUT2D eigenvalue weighted by Crippen LogP contribution is -2.42. The van der Waals surface area contributed by atoms with Crippen molar-refractivity contribution in [3.63, 3.8) is 0 Å². The van der Waals surface area contributed by atoms with Crippen LogP contribution in [0.4, 0.5) is 4.79 Å². The molecule has 0 aliphatic carbocycles. The van der Waals surface area contributed by atoms with Crippen LogP contribution in [0.25, 0.3) is 6.08 Å². The standard InChI is InChI=1S/C22H21NO5/c1-2-15-3-5-16(6-4-15)13-20-21(24)18-8-7-17(14-19(18)28-20)27-22(25)23-9-11-26-12-10-23/h3-8,13-14H,2,9-12H2,1H3. The Morgan fingerprint density at radius 3 is 2.61 bits per heavy atom. The molecule has 6 nitrogen and oxygen atoms in total. The molecule has 2 aromatic carbocycles. The van der Waals surface area contributed by atoms with E-state index in [0.29, 0.717) is 43.4 Å². The van der Waals surface area contributed by atoms with E-state index in [1.807, 2.05) is 24.3 Å². The van der Waals surface area contributed by atoms with Gasteiger partial charge >= 0.3 is 6.09 Å². The molecule has 144 valence electrons. The number of benzene rings is 2. The van der Waals surface area contributed by atoms with Gasteiger partial charge in [0.05, 0.1) is 18.8 Å². The molecule has 0 saturated carbocycles. The monoisotopic (exact) mass is 379 g/mol. The molecule has 0 bridgehead atoms. The van der Waals surface area contributed by atoms with Gasteiger partial charge in [-0.3, -0.25) is 4.79 Å². The molecule has 28 heavy (non-hydrogen) atoms. The number of hydrogen-bond donors (Lipinski definition) is 0. The van der Waals surface area contributed by atoms with Gasteiger partial charge < -0.3 is 19.1 Å². The number of carbonyl (C=O) groups is 2. The van der Waals surface area contributed by atoms with Gasteiger partial charge in [0.25, 0.3) is 0 Å². The maximum absolute atomic E-state index is 12.6. The summed E-state index contributed by atoms with van der Waals surface area (Å²) in [6, 6.07) is 12.8. The van der Waals surface area contributed by atoms with Crippen molar-refractivity contribution < 1.29 is 23.8 Å². The minimum absolute atomic E-state index is 0.180. The summed E-state index contributed by atoms with van der Waals surface area (Å²) >= 11 is 0. The first kappa shape index (κ1) is 18.3. The number of fused-ring (bicyclic) bond motifs is 1. The molecular formula is C22H21NO5. The molecule has 2 aliphatic rings. The van der Waals surface area contributed by atoms with E-state index in [-0.39, 0.29) is 11.5 Å². The molecule has 1 saturated heterocycles. The fraction of sp³-hybridized carbons (Fsp3) is 0.273. The van der Waals surface area contributed by atoms with E-state index in [2.05, 4.69) is 6.92 Å². The van der Waals surface area contributed by atoms with E-state index in [0.717, 1.165) is 12.0 Å². The maximum Gasteiger partial charge on any atom is 0.415 e. The second-order valence-corrected chi connectivity index (χ2v) is 6.66. The minimum atomic E-state index is -0.431. The van der Waals surface area contributed by atoms with Gasteiger partial charge in [-0.1, -0.05) is 31.2 Å². The SMILES string of the molecule is CCc1ccc(C=C2Oc3cc(OC(=O)N4CCOCC4)ccc3C2=O)cc1. The number of amides is 1. The summed E-state index contributed by atoms with van der Waals surface area (Å²) in [5.41, 5.74) is 2.59. The Bertz CT molecular complexity index is 926. The predicted octanol–water partition coefficient (Wildman–Crippen LogP) is 3.70. The number of carbonyl (C=O) groups excluding carboxylic acids is 2. The fourth-order valence-corrected chi connectivity index (χ4v) is 3.14. The Hall–Kier alpha value is -3.12. The number of rotatable bonds is 3. The van der Waals surface area contributed by atoms with Crippen LogP contribution in [-0.4, -0.2) is 43.1 Å². The molecule has 0 atom stereocenters. The number of hydrogen-bond acceptors (Lipinski definition) is 5. The molecule has 2 heterocycles. The molecule has 2 aliphatic heterocycles. The normalized spacial score (nSPS) is 17.4. The lowest BCUT2D eigenvalue weighted by molar-refractivity contribution is 0.0416. The molecule has 1 amide bonds. The molecule has 2 aromatic rings. The summed E-state index contributed by atoms with van der Waals surface area (Å²) in [6.07, 6.45) is 2.25. The first-order chi connectivity index (χ1) is 13.6. The Balaban J connectivity index is 1.49. The summed E-state index contributed by atoms with van der Waals surface area (Å²) in [6.45, 7) is 4.11. The largest absolute Gasteiger partial charge is 0.452 e. The average molecular weight is 379 g/mol. The van der Waals surface area contributed by atoms with Crippen LogP contribution in [0, 0.1) is 0 Å². The van der Waals surface area contributed by atoms with Crippen LogP contribution in [0.5, 0.6) is 11.5 Å². The third-order valence-corrected chi connectivity index (χ3v) is 4.80. The van der Waals surface area contributed by atoms with Crippen molar-refractivity contribution in [3.8, 4) is 11.5 Å². The van der Waals surface area contributed by atoms with Crippen molar-refractivity contribution in [2.75, 3.05) is 26.3 Å². The van der Waals surface area contributed by atoms with E-state index in [4.69, 9.17) is 14.2 Å². The van der Waals surface area contributed by atoms with Crippen molar-refractivity contribution in [2.24, 2.45) is 0 Å². The van der Waals surface area contributed by atoms with Gasteiger partial charge in [0.2, 0.25) is 5.78 Å². The second kappa shape index (κ2) is 7.86. The topological polar surface area (TPSA) is 65.1 Å². The first-order valence-corrected chi connectivity index (χ1v) is 9.36. The third-order valence-electron chi connectivity index (χ3n) is 4.80. The molecule has 0 aromatic heterocycles. The zero-order valence-corrected chi connectivity index (χ0v) is 15.6. The highest BCUT2D eigenvalue weighted by Gasteiger charge is 2.28. The molecule has 0 N–H and O–H groups in total. The van der Waals surface area contributed by atoms with Crippen LogP contribution in [0.1, 0.15) is 28.4 Å². The molecule has 0 spiro atoms. The van der Waals surface area contributed by atoms with Gasteiger partial charge in [-0.05, 0) is 35.8 Å². The fourth-order valence-electron chi connectivity index (χ4n) is 3.14. The van der Waals surface area contributed by atoms with Crippen molar-refractivity contribution in [2.45, 2.75) is 13.3 Å².